The van der Waals surface area contributed by atoms with Crippen molar-refractivity contribution in [3.8, 4) is 0 Å². The molecule has 0 bridgehead atoms. The van der Waals surface area contributed by atoms with Gasteiger partial charge in [0.1, 0.15) is 11.4 Å². The van der Waals surface area contributed by atoms with Gasteiger partial charge < -0.3 is 5.32 Å². The molecule has 7 nitrogen and oxygen atoms in total. The predicted octanol–water partition coefficient (Wildman–Crippen LogP) is 2.86. The molecule has 1 N–H and O–H groups in total. The SMILES string of the molecule is Cc1ccc(NCc2cn(C(C)(C)C)nn2)c([N+](=O)[O-])c1. The van der Waals surface area contributed by atoms with Gasteiger partial charge in [-0.3, -0.25) is 10.1 Å². The number of nitrogens with one attached hydrogen (secondary N) is 1. The lowest BCUT2D eigenvalue weighted by Gasteiger charge is -2.17. The number of nitro benzene ring substituents is 1. The summed E-state index contributed by atoms with van der Waals surface area (Å²) in [6.07, 6.45) is 1.84. The molecule has 112 valence electrons. The van der Waals surface area contributed by atoms with Crippen molar-refractivity contribution in [2.45, 2.75) is 39.8 Å². The van der Waals surface area contributed by atoms with Crippen LogP contribution in [0.4, 0.5) is 11.4 Å². The summed E-state index contributed by atoms with van der Waals surface area (Å²) in [5, 5.41) is 22.2. The molecule has 2 aromatic rings. The third-order valence-electron chi connectivity index (χ3n) is 3.04. The first kappa shape index (κ1) is 15.0. The number of nitrogens with zero attached hydrogens (tertiary/aromatic N) is 4. The van der Waals surface area contributed by atoms with Gasteiger partial charge in [-0.25, -0.2) is 4.68 Å². The Morgan fingerprint density at radius 3 is 2.67 bits per heavy atom. The fourth-order valence-electron chi connectivity index (χ4n) is 1.84. The summed E-state index contributed by atoms with van der Waals surface area (Å²) in [6, 6.07) is 5.09. The standard InChI is InChI=1S/C14H19N5O2/c1-10-5-6-12(13(7-10)19(20)21)15-8-11-9-18(17-16-11)14(2,3)4/h5-7,9,15H,8H2,1-4H3. The van der Waals surface area contributed by atoms with Crippen LogP contribution in [0.3, 0.4) is 0 Å². The summed E-state index contributed by atoms with van der Waals surface area (Å²) in [7, 11) is 0. The lowest BCUT2D eigenvalue weighted by Crippen LogP contribution is -2.22. The number of hydrogen-bond donors (Lipinski definition) is 1. The summed E-state index contributed by atoms with van der Waals surface area (Å²) in [5.41, 5.74) is 2.00. The monoisotopic (exact) mass is 289 g/mol. The Morgan fingerprint density at radius 1 is 1.38 bits per heavy atom. The van der Waals surface area contributed by atoms with Gasteiger partial charge in [0.25, 0.3) is 5.69 Å². The van der Waals surface area contributed by atoms with Crippen LogP contribution in [0, 0.1) is 17.0 Å². The van der Waals surface area contributed by atoms with Crippen LogP contribution < -0.4 is 5.32 Å². The zero-order chi connectivity index (χ0) is 15.6. The molecule has 0 aliphatic heterocycles. The van der Waals surface area contributed by atoms with E-state index in [1.54, 1.807) is 16.8 Å². The van der Waals surface area contributed by atoms with E-state index in [9.17, 15) is 10.1 Å². The molecular weight excluding hydrogens is 270 g/mol. The molecule has 0 fully saturated rings. The van der Waals surface area contributed by atoms with Crippen molar-refractivity contribution in [3.05, 3.63) is 45.8 Å². The number of aromatic nitrogens is 3. The summed E-state index contributed by atoms with van der Waals surface area (Å²) >= 11 is 0. The van der Waals surface area contributed by atoms with E-state index >= 15 is 0 Å². The smallest absolute Gasteiger partial charge is 0.292 e. The first-order valence-electron chi connectivity index (χ1n) is 6.68. The summed E-state index contributed by atoms with van der Waals surface area (Å²) < 4.78 is 1.77. The first-order valence-corrected chi connectivity index (χ1v) is 6.68. The number of hydrogen-bond acceptors (Lipinski definition) is 5. The highest BCUT2D eigenvalue weighted by molar-refractivity contribution is 5.62. The van der Waals surface area contributed by atoms with E-state index in [0.717, 1.165) is 11.3 Å². The zero-order valence-corrected chi connectivity index (χ0v) is 12.6. The van der Waals surface area contributed by atoms with E-state index in [0.29, 0.717) is 12.2 Å². The van der Waals surface area contributed by atoms with Crippen LogP contribution in [0.5, 0.6) is 0 Å². The zero-order valence-electron chi connectivity index (χ0n) is 12.6. The second-order valence-electron chi connectivity index (χ2n) is 5.96. The molecule has 7 heteroatoms. The minimum Gasteiger partial charge on any atom is -0.374 e. The number of aryl methyl sites for hydroxylation is 1. The maximum absolute atomic E-state index is 11.1. The molecule has 0 unspecified atom stereocenters. The van der Waals surface area contributed by atoms with Crippen LogP contribution in [0.15, 0.2) is 24.4 Å². The quantitative estimate of drug-likeness (QED) is 0.691. The van der Waals surface area contributed by atoms with E-state index < -0.39 is 0 Å². The molecule has 0 radical (unpaired) electrons. The topological polar surface area (TPSA) is 85.9 Å². The highest BCUT2D eigenvalue weighted by Crippen LogP contribution is 2.25. The molecule has 0 atom stereocenters. The first-order chi connectivity index (χ1) is 9.77. The van der Waals surface area contributed by atoms with Crippen molar-refractivity contribution < 1.29 is 4.92 Å². The normalized spacial score (nSPS) is 11.4. The summed E-state index contributed by atoms with van der Waals surface area (Å²) in [5.74, 6) is 0. The lowest BCUT2D eigenvalue weighted by molar-refractivity contribution is -0.384. The molecule has 21 heavy (non-hydrogen) atoms. The molecule has 1 aromatic carbocycles. The fraction of sp³-hybridized carbons (Fsp3) is 0.429. The Kier molecular flexibility index (Phi) is 3.93. The minimum absolute atomic E-state index is 0.0678. The third kappa shape index (κ3) is 3.56. The van der Waals surface area contributed by atoms with Crippen LogP contribution in [0.25, 0.3) is 0 Å². The Hall–Kier alpha value is -2.44. The van der Waals surface area contributed by atoms with Gasteiger partial charge in [0, 0.05) is 6.07 Å². The van der Waals surface area contributed by atoms with Gasteiger partial charge >= 0.3 is 0 Å². The van der Waals surface area contributed by atoms with Crippen molar-refractivity contribution >= 4 is 11.4 Å². The average molecular weight is 289 g/mol. The van der Waals surface area contributed by atoms with Gasteiger partial charge in [-0.2, -0.15) is 0 Å². The van der Waals surface area contributed by atoms with Gasteiger partial charge in [-0.1, -0.05) is 11.3 Å². The minimum atomic E-state index is -0.388. The highest BCUT2D eigenvalue weighted by Gasteiger charge is 2.16. The predicted molar refractivity (Wildman–Crippen MR) is 80.2 cm³/mol. The maximum Gasteiger partial charge on any atom is 0.292 e. The van der Waals surface area contributed by atoms with Gasteiger partial charge in [0.15, 0.2) is 0 Å². The van der Waals surface area contributed by atoms with Crippen LogP contribution in [0.1, 0.15) is 32.0 Å². The fourth-order valence-corrected chi connectivity index (χ4v) is 1.84. The molecule has 0 aliphatic rings. The van der Waals surface area contributed by atoms with Crippen molar-refractivity contribution in [1.82, 2.24) is 15.0 Å². The Morgan fingerprint density at radius 2 is 2.10 bits per heavy atom. The van der Waals surface area contributed by atoms with Crippen molar-refractivity contribution in [1.29, 1.82) is 0 Å². The van der Waals surface area contributed by atoms with E-state index in [2.05, 4.69) is 15.6 Å². The average Bonchev–Trinajstić information content (AvgIpc) is 2.85. The molecule has 2 rings (SSSR count). The largest absolute Gasteiger partial charge is 0.374 e. The number of anilines is 1. The van der Waals surface area contributed by atoms with Crippen molar-refractivity contribution in [2.75, 3.05) is 5.32 Å². The Bertz CT molecular complexity index is 658. The Labute approximate surface area is 123 Å². The van der Waals surface area contributed by atoms with Gasteiger partial charge in [0.05, 0.1) is 23.2 Å². The van der Waals surface area contributed by atoms with Crippen molar-refractivity contribution in [3.63, 3.8) is 0 Å². The number of benzene rings is 1. The van der Waals surface area contributed by atoms with E-state index in [1.165, 1.54) is 0 Å². The molecular formula is C14H19N5O2. The molecule has 0 amide bonds. The molecule has 1 aromatic heterocycles. The highest BCUT2D eigenvalue weighted by atomic mass is 16.6. The summed E-state index contributed by atoms with van der Waals surface area (Å²) in [6.45, 7) is 8.31. The molecule has 1 heterocycles. The Balaban J connectivity index is 2.13. The van der Waals surface area contributed by atoms with Gasteiger partial charge in [-0.05, 0) is 39.3 Å². The second kappa shape index (κ2) is 5.51. The van der Waals surface area contributed by atoms with Crippen molar-refractivity contribution in [2.24, 2.45) is 0 Å². The van der Waals surface area contributed by atoms with Crippen LogP contribution in [0.2, 0.25) is 0 Å². The molecule has 0 aliphatic carbocycles. The van der Waals surface area contributed by atoms with Crippen LogP contribution >= 0.6 is 0 Å². The van der Waals surface area contributed by atoms with Crippen LogP contribution in [-0.4, -0.2) is 19.9 Å². The second-order valence-corrected chi connectivity index (χ2v) is 5.96. The van der Waals surface area contributed by atoms with E-state index in [-0.39, 0.29) is 16.1 Å². The molecule has 0 spiro atoms. The lowest BCUT2D eigenvalue weighted by atomic mass is 10.1. The van der Waals surface area contributed by atoms with Gasteiger partial charge in [0.2, 0.25) is 0 Å². The number of nitro groups is 1. The maximum atomic E-state index is 11.1. The molecule has 0 saturated carbocycles. The molecule has 0 saturated heterocycles. The number of rotatable bonds is 4. The van der Waals surface area contributed by atoms with E-state index in [4.69, 9.17) is 0 Å². The van der Waals surface area contributed by atoms with Gasteiger partial charge in [-0.15, -0.1) is 5.10 Å². The summed E-state index contributed by atoms with van der Waals surface area (Å²) in [4.78, 5) is 10.7. The van der Waals surface area contributed by atoms with E-state index in [1.807, 2.05) is 40.0 Å². The third-order valence-corrected chi connectivity index (χ3v) is 3.04. The van der Waals surface area contributed by atoms with Crippen LogP contribution in [-0.2, 0) is 12.1 Å².